The highest BCUT2D eigenvalue weighted by atomic mass is 15.2. The van der Waals surface area contributed by atoms with Crippen LogP contribution in [0.3, 0.4) is 0 Å². The van der Waals surface area contributed by atoms with Gasteiger partial charge >= 0.3 is 0 Å². The topological polar surface area (TPSA) is 47.1 Å². The SMILES string of the molecule is Cc1c(N)cccc1N1CCn2ccnc2C1. The van der Waals surface area contributed by atoms with E-state index in [9.17, 15) is 0 Å². The van der Waals surface area contributed by atoms with Crippen molar-refractivity contribution in [2.75, 3.05) is 17.2 Å². The van der Waals surface area contributed by atoms with Crippen LogP contribution in [0.2, 0.25) is 0 Å². The second-order valence-corrected chi connectivity index (χ2v) is 4.45. The number of benzene rings is 1. The lowest BCUT2D eigenvalue weighted by Crippen LogP contribution is -2.34. The third-order valence-electron chi connectivity index (χ3n) is 3.43. The molecule has 1 aromatic carbocycles. The number of imidazole rings is 1. The van der Waals surface area contributed by atoms with Gasteiger partial charge in [0, 0.05) is 36.9 Å². The molecule has 17 heavy (non-hydrogen) atoms. The largest absolute Gasteiger partial charge is 0.398 e. The Morgan fingerprint density at radius 3 is 3.06 bits per heavy atom. The van der Waals surface area contributed by atoms with E-state index in [1.165, 1.54) is 5.69 Å². The number of anilines is 2. The van der Waals surface area contributed by atoms with Crippen molar-refractivity contribution < 1.29 is 0 Å². The van der Waals surface area contributed by atoms with E-state index in [4.69, 9.17) is 5.73 Å². The van der Waals surface area contributed by atoms with Gasteiger partial charge in [-0.15, -0.1) is 0 Å². The van der Waals surface area contributed by atoms with Crippen LogP contribution in [0.4, 0.5) is 11.4 Å². The molecule has 0 atom stereocenters. The molecule has 1 aromatic heterocycles. The minimum Gasteiger partial charge on any atom is -0.398 e. The molecule has 4 heteroatoms. The highest BCUT2D eigenvalue weighted by molar-refractivity contribution is 5.64. The Labute approximate surface area is 101 Å². The summed E-state index contributed by atoms with van der Waals surface area (Å²) in [5.74, 6) is 1.12. The molecule has 2 aromatic rings. The van der Waals surface area contributed by atoms with Crippen molar-refractivity contribution in [1.29, 1.82) is 0 Å². The Morgan fingerprint density at radius 1 is 1.29 bits per heavy atom. The van der Waals surface area contributed by atoms with Gasteiger partial charge in [0.2, 0.25) is 0 Å². The molecule has 0 saturated heterocycles. The highest BCUT2D eigenvalue weighted by Gasteiger charge is 2.18. The zero-order valence-corrected chi connectivity index (χ0v) is 9.93. The first-order valence-corrected chi connectivity index (χ1v) is 5.86. The Balaban J connectivity index is 1.94. The molecule has 88 valence electrons. The van der Waals surface area contributed by atoms with Crippen LogP contribution in [0.1, 0.15) is 11.4 Å². The van der Waals surface area contributed by atoms with Crippen LogP contribution in [0, 0.1) is 6.92 Å². The van der Waals surface area contributed by atoms with E-state index >= 15 is 0 Å². The molecule has 0 radical (unpaired) electrons. The molecule has 0 saturated carbocycles. The Bertz CT molecular complexity index is 544. The van der Waals surface area contributed by atoms with E-state index in [1.807, 2.05) is 24.5 Å². The molecule has 0 amide bonds. The summed E-state index contributed by atoms with van der Waals surface area (Å²) in [5, 5.41) is 0. The third-order valence-corrected chi connectivity index (χ3v) is 3.43. The molecular weight excluding hydrogens is 212 g/mol. The van der Waals surface area contributed by atoms with Crippen LogP contribution in [-0.2, 0) is 13.1 Å². The Morgan fingerprint density at radius 2 is 2.18 bits per heavy atom. The molecule has 0 bridgehead atoms. The zero-order chi connectivity index (χ0) is 11.8. The van der Waals surface area contributed by atoms with Gasteiger partial charge in [0.05, 0.1) is 6.54 Å². The van der Waals surface area contributed by atoms with Crippen molar-refractivity contribution in [3.8, 4) is 0 Å². The van der Waals surface area contributed by atoms with Crippen LogP contribution in [-0.4, -0.2) is 16.1 Å². The van der Waals surface area contributed by atoms with Crippen molar-refractivity contribution in [3.05, 3.63) is 42.0 Å². The first-order chi connectivity index (χ1) is 8.25. The van der Waals surface area contributed by atoms with Crippen LogP contribution in [0.25, 0.3) is 0 Å². The summed E-state index contributed by atoms with van der Waals surface area (Å²) in [5.41, 5.74) is 9.19. The van der Waals surface area contributed by atoms with E-state index < -0.39 is 0 Å². The Hall–Kier alpha value is -1.97. The average Bonchev–Trinajstić information content (AvgIpc) is 2.79. The second-order valence-electron chi connectivity index (χ2n) is 4.45. The summed E-state index contributed by atoms with van der Waals surface area (Å²) in [4.78, 5) is 6.72. The average molecular weight is 228 g/mol. The van der Waals surface area contributed by atoms with Gasteiger partial charge in [0.15, 0.2) is 0 Å². The minimum atomic E-state index is 0.858. The minimum absolute atomic E-state index is 0.858. The maximum absolute atomic E-state index is 5.95. The normalized spacial score (nSPS) is 14.8. The predicted octanol–water partition coefficient (Wildman–Crippen LogP) is 1.79. The van der Waals surface area contributed by atoms with Gasteiger partial charge in [-0.25, -0.2) is 4.98 Å². The smallest absolute Gasteiger partial charge is 0.128 e. The third kappa shape index (κ3) is 1.65. The monoisotopic (exact) mass is 228 g/mol. The number of fused-ring (bicyclic) bond motifs is 1. The number of nitrogens with zero attached hydrogens (tertiary/aromatic N) is 3. The molecule has 1 aliphatic rings. The van der Waals surface area contributed by atoms with Crippen LogP contribution < -0.4 is 10.6 Å². The standard InChI is InChI=1S/C13H16N4/c1-10-11(14)3-2-4-12(10)17-8-7-16-6-5-15-13(16)9-17/h2-6H,7-9,14H2,1H3. The molecule has 0 aliphatic carbocycles. The Kier molecular flexibility index (Phi) is 2.28. The van der Waals surface area contributed by atoms with E-state index in [-0.39, 0.29) is 0 Å². The number of nitrogen functional groups attached to an aromatic ring is 1. The fourth-order valence-electron chi connectivity index (χ4n) is 2.36. The maximum atomic E-state index is 5.95. The number of hydrogen-bond acceptors (Lipinski definition) is 3. The zero-order valence-electron chi connectivity index (χ0n) is 9.93. The lowest BCUT2D eigenvalue weighted by molar-refractivity contribution is 0.559. The van der Waals surface area contributed by atoms with Gasteiger partial charge in [0.25, 0.3) is 0 Å². The molecular formula is C13H16N4. The summed E-state index contributed by atoms with van der Waals surface area (Å²) in [6.07, 6.45) is 3.91. The van der Waals surface area contributed by atoms with E-state index in [1.54, 1.807) is 0 Å². The van der Waals surface area contributed by atoms with E-state index in [2.05, 4.69) is 27.4 Å². The van der Waals surface area contributed by atoms with Gasteiger partial charge in [-0.2, -0.15) is 0 Å². The van der Waals surface area contributed by atoms with Gasteiger partial charge in [0.1, 0.15) is 5.82 Å². The second kappa shape index (κ2) is 3.80. The highest BCUT2D eigenvalue weighted by Crippen LogP contribution is 2.27. The van der Waals surface area contributed by atoms with Gasteiger partial charge in [-0.05, 0) is 24.6 Å². The molecule has 1 aliphatic heterocycles. The molecule has 0 spiro atoms. The predicted molar refractivity (Wildman–Crippen MR) is 68.9 cm³/mol. The fraction of sp³-hybridized carbons (Fsp3) is 0.308. The molecule has 3 rings (SSSR count). The van der Waals surface area contributed by atoms with Crippen molar-refractivity contribution in [3.63, 3.8) is 0 Å². The summed E-state index contributed by atoms with van der Waals surface area (Å²) in [6, 6.07) is 6.09. The number of aromatic nitrogens is 2. The molecule has 4 nitrogen and oxygen atoms in total. The molecule has 2 heterocycles. The fourth-order valence-corrected chi connectivity index (χ4v) is 2.36. The first-order valence-electron chi connectivity index (χ1n) is 5.86. The number of rotatable bonds is 1. The van der Waals surface area contributed by atoms with Gasteiger partial charge in [-0.3, -0.25) is 0 Å². The summed E-state index contributed by atoms with van der Waals surface area (Å²) < 4.78 is 2.21. The first kappa shape index (κ1) is 10.2. The molecule has 2 N–H and O–H groups in total. The van der Waals surface area contributed by atoms with Crippen LogP contribution in [0.5, 0.6) is 0 Å². The maximum Gasteiger partial charge on any atom is 0.128 e. The number of nitrogens with two attached hydrogens (primary N) is 1. The van der Waals surface area contributed by atoms with Crippen molar-refractivity contribution in [2.45, 2.75) is 20.0 Å². The van der Waals surface area contributed by atoms with Crippen molar-refractivity contribution in [1.82, 2.24) is 9.55 Å². The summed E-state index contributed by atoms with van der Waals surface area (Å²) >= 11 is 0. The summed E-state index contributed by atoms with van der Waals surface area (Å²) in [6.45, 7) is 4.93. The van der Waals surface area contributed by atoms with E-state index in [0.717, 1.165) is 36.7 Å². The lowest BCUT2D eigenvalue weighted by Gasteiger charge is -2.31. The molecule has 0 fully saturated rings. The summed E-state index contributed by atoms with van der Waals surface area (Å²) in [7, 11) is 0. The van der Waals surface area contributed by atoms with Crippen LogP contribution >= 0.6 is 0 Å². The van der Waals surface area contributed by atoms with Crippen LogP contribution in [0.15, 0.2) is 30.6 Å². The number of hydrogen-bond donors (Lipinski definition) is 1. The molecule has 0 unspecified atom stereocenters. The lowest BCUT2D eigenvalue weighted by atomic mass is 10.1. The quantitative estimate of drug-likeness (QED) is 0.757. The van der Waals surface area contributed by atoms with Gasteiger partial charge < -0.3 is 15.2 Å². The van der Waals surface area contributed by atoms with Crippen molar-refractivity contribution in [2.24, 2.45) is 0 Å². The van der Waals surface area contributed by atoms with Crippen molar-refractivity contribution >= 4 is 11.4 Å². The van der Waals surface area contributed by atoms with E-state index in [0.29, 0.717) is 0 Å². The van der Waals surface area contributed by atoms with Gasteiger partial charge in [-0.1, -0.05) is 6.07 Å².